The third-order valence-corrected chi connectivity index (χ3v) is 5.99. The molecule has 5 atom stereocenters. The van der Waals surface area contributed by atoms with E-state index in [1.807, 2.05) is 0 Å². The third kappa shape index (κ3) is 8.41. The first kappa shape index (κ1) is 28.5. The van der Waals surface area contributed by atoms with Crippen LogP contribution in [0.5, 0.6) is 0 Å². The fourth-order valence-electron chi connectivity index (χ4n) is 2.98. The van der Waals surface area contributed by atoms with Crippen LogP contribution >= 0.6 is 24.0 Å². The van der Waals surface area contributed by atoms with Gasteiger partial charge in [-0.05, 0) is 13.8 Å². The van der Waals surface area contributed by atoms with E-state index in [-0.39, 0.29) is 52.6 Å². The molecule has 30 heavy (non-hydrogen) atoms. The normalized spacial score (nSPS) is 28.3. The number of nitrogens with one attached hydrogen (secondary N) is 1. The molecule has 0 unspecified atom stereocenters. The van der Waals surface area contributed by atoms with Gasteiger partial charge >= 0.3 is 35.5 Å². The molecule has 0 amide bonds. The summed E-state index contributed by atoms with van der Waals surface area (Å²) in [6.45, 7) is 3.66. The van der Waals surface area contributed by atoms with Crippen molar-refractivity contribution in [3.8, 4) is 0 Å². The van der Waals surface area contributed by atoms with E-state index in [1.54, 1.807) is 13.8 Å². The van der Waals surface area contributed by atoms with Gasteiger partial charge in [0.1, 0.15) is 28.7 Å². The van der Waals surface area contributed by atoms with Gasteiger partial charge in [-0.3, -0.25) is 8.98 Å². The monoisotopic (exact) mass is 497 g/mol. The number of carbonyl (C=O) groups is 1. The number of hydrogen-bond donors (Lipinski definition) is 1. The second-order valence-corrected chi connectivity index (χ2v) is 9.37. The van der Waals surface area contributed by atoms with Crippen molar-refractivity contribution < 1.29 is 75.2 Å². The van der Waals surface area contributed by atoms with Gasteiger partial charge in [0.2, 0.25) is 10.4 Å². The molecule has 15 heteroatoms. The SMILES string of the molecule is COC(=O)CCNC(=S)SC[C@H](OS(=O)(=O)[O-])[C@H]1O[C@@H]2OC(C)(C)O[C@@H]2[C@H]1OC.[Na+]. The van der Waals surface area contributed by atoms with E-state index >= 15 is 0 Å². The molecule has 2 fully saturated rings. The van der Waals surface area contributed by atoms with Crippen LogP contribution in [-0.2, 0) is 43.1 Å². The Balaban J connectivity index is 0.00000450. The summed E-state index contributed by atoms with van der Waals surface area (Å²) in [5, 5.41) is 2.82. The zero-order valence-electron chi connectivity index (χ0n) is 17.3. The molecule has 2 saturated heterocycles. The molecular weight excluding hydrogens is 473 g/mol. The topological polar surface area (TPSA) is 142 Å². The molecule has 0 radical (unpaired) electrons. The van der Waals surface area contributed by atoms with Crippen molar-refractivity contribution in [2.24, 2.45) is 0 Å². The van der Waals surface area contributed by atoms with Gasteiger partial charge in [-0.1, -0.05) is 24.0 Å². The quantitative estimate of drug-likeness (QED) is 0.113. The van der Waals surface area contributed by atoms with Crippen LogP contribution in [0, 0.1) is 0 Å². The van der Waals surface area contributed by atoms with Crippen LogP contribution in [0.2, 0.25) is 0 Å². The molecule has 0 aromatic carbocycles. The molecule has 0 aromatic heterocycles. The summed E-state index contributed by atoms with van der Waals surface area (Å²) in [5.74, 6) is -1.32. The molecule has 0 saturated carbocycles. The van der Waals surface area contributed by atoms with E-state index in [0.29, 0.717) is 0 Å². The first-order valence-corrected chi connectivity index (χ1v) is 11.3. The van der Waals surface area contributed by atoms with Gasteiger partial charge in [0.15, 0.2) is 12.1 Å². The minimum absolute atomic E-state index is 0. The van der Waals surface area contributed by atoms with Crippen molar-refractivity contribution in [3.63, 3.8) is 0 Å². The molecule has 2 heterocycles. The van der Waals surface area contributed by atoms with Gasteiger partial charge in [-0.25, -0.2) is 8.42 Å². The maximum atomic E-state index is 11.2. The Kier molecular flexibility index (Phi) is 11.4. The predicted octanol–water partition coefficient (Wildman–Crippen LogP) is -3.10. The molecule has 0 aliphatic carbocycles. The first-order chi connectivity index (χ1) is 13.5. The number of thiocarbonyl (C=S) groups is 1. The Bertz CT molecular complexity index is 707. The van der Waals surface area contributed by atoms with Gasteiger partial charge in [0, 0.05) is 19.4 Å². The predicted molar refractivity (Wildman–Crippen MR) is 104 cm³/mol. The number of rotatable bonds is 9. The Morgan fingerprint density at radius 1 is 1.33 bits per heavy atom. The molecule has 0 aromatic rings. The Morgan fingerprint density at radius 3 is 2.57 bits per heavy atom. The van der Waals surface area contributed by atoms with Gasteiger partial charge in [0.05, 0.1) is 13.5 Å². The fraction of sp³-hybridized carbons (Fsp3) is 0.867. The maximum absolute atomic E-state index is 11.2. The average Bonchev–Trinajstić information content (AvgIpc) is 3.08. The Labute approximate surface area is 207 Å². The zero-order valence-corrected chi connectivity index (χ0v) is 21.8. The number of methoxy groups -OCH3 is 2. The van der Waals surface area contributed by atoms with Gasteiger partial charge in [-0.2, -0.15) is 0 Å². The van der Waals surface area contributed by atoms with E-state index in [1.165, 1.54) is 14.2 Å². The van der Waals surface area contributed by atoms with Crippen molar-refractivity contribution >= 4 is 44.7 Å². The summed E-state index contributed by atoms with van der Waals surface area (Å²) in [4.78, 5) is 11.1. The van der Waals surface area contributed by atoms with E-state index in [0.717, 1.165) is 11.8 Å². The smallest absolute Gasteiger partial charge is 0.726 e. The van der Waals surface area contributed by atoms with E-state index < -0.39 is 52.9 Å². The maximum Gasteiger partial charge on any atom is 1.00 e. The molecule has 0 spiro atoms. The van der Waals surface area contributed by atoms with Crippen LogP contribution in [0.1, 0.15) is 20.3 Å². The zero-order chi connectivity index (χ0) is 21.8. The fourth-order valence-corrected chi connectivity index (χ4v) is 4.63. The van der Waals surface area contributed by atoms with Crippen LogP contribution in [0.3, 0.4) is 0 Å². The largest absolute Gasteiger partial charge is 1.00 e. The first-order valence-electron chi connectivity index (χ1n) is 8.61. The summed E-state index contributed by atoms with van der Waals surface area (Å²) in [6, 6.07) is 0. The third-order valence-electron chi connectivity index (χ3n) is 4.11. The summed E-state index contributed by atoms with van der Waals surface area (Å²) < 4.78 is 65.7. The van der Waals surface area contributed by atoms with Gasteiger partial charge in [-0.15, -0.1) is 0 Å². The Morgan fingerprint density at radius 2 is 2.00 bits per heavy atom. The standard InChI is InChI=1S/C15H25NO10S3.Na/c1-15(2)24-12-11(22-4)10(23-13(12)25-15)8(26-29(18,19)20)7-28-14(27)16-6-5-9(17)21-3;/h8,10-13H,5-7H2,1-4H3,(H,16,27)(H,18,19,20);/q;+1/p-1/t8-,10+,11-,12+,13+;/m0./s1. The Hall–Kier alpha value is 0.420. The number of carbonyl (C=O) groups excluding carboxylic acids is 1. The number of fused-ring (bicyclic) bond motifs is 1. The van der Waals surface area contributed by atoms with E-state index in [4.69, 9.17) is 35.3 Å². The number of thioether (sulfide) groups is 1. The molecular formula is C15H24NNaO10S3. The molecule has 11 nitrogen and oxygen atoms in total. The summed E-state index contributed by atoms with van der Waals surface area (Å²) in [5.41, 5.74) is 0. The molecule has 2 aliphatic heterocycles. The van der Waals surface area contributed by atoms with Crippen molar-refractivity contribution in [2.75, 3.05) is 26.5 Å². The number of ether oxygens (including phenoxy) is 5. The summed E-state index contributed by atoms with van der Waals surface area (Å²) in [7, 11) is -2.34. The summed E-state index contributed by atoms with van der Waals surface area (Å²) >= 11 is 6.17. The molecule has 1 N–H and O–H groups in total. The van der Waals surface area contributed by atoms with Crippen molar-refractivity contribution in [1.82, 2.24) is 5.32 Å². The summed E-state index contributed by atoms with van der Waals surface area (Å²) in [6.07, 6.45) is -4.17. The minimum atomic E-state index is -5.02. The minimum Gasteiger partial charge on any atom is -0.726 e. The molecule has 168 valence electrons. The van der Waals surface area contributed by atoms with E-state index in [9.17, 15) is 17.8 Å². The average molecular weight is 498 g/mol. The second-order valence-electron chi connectivity index (χ2n) is 6.66. The second kappa shape index (κ2) is 12.0. The van der Waals surface area contributed by atoms with Gasteiger partial charge < -0.3 is 33.6 Å². The molecule has 0 bridgehead atoms. The number of hydrogen-bond acceptors (Lipinski definition) is 12. The van der Waals surface area contributed by atoms with Crippen molar-refractivity contribution in [2.45, 2.75) is 56.8 Å². The molecule has 2 rings (SSSR count). The van der Waals surface area contributed by atoms with Crippen LogP contribution in [0.15, 0.2) is 0 Å². The molecule has 2 aliphatic rings. The van der Waals surface area contributed by atoms with Crippen LogP contribution < -0.4 is 34.9 Å². The number of esters is 1. The van der Waals surface area contributed by atoms with Gasteiger partial charge in [0.25, 0.3) is 0 Å². The van der Waals surface area contributed by atoms with Crippen LogP contribution in [0.4, 0.5) is 0 Å². The van der Waals surface area contributed by atoms with Crippen molar-refractivity contribution in [3.05, 3.63) is 0 Å². The van der Waals surface area contributed by atoms with Crippen molar-refractivity contribution in [1.29, 1.82) is 0 Å². The van der Waals surface area contributed by atoms with E-state index in [2.05, 4.69) is 10.1 Å². The van der Waals surface area contributed by atoms with Crippen LogP contribution in [-0.4, -0.2) is 86.3 Å². The van der Waals surface area contributed by atoms with Crippen LogP contribution in [0.25, 0.3) is 0 Å².